The molecule has 20 heavy (non-hydrogen) atoms. The second-order valence-electron chi connectivity index (χ2n) is 5.24. The lowest BCUT2D eigenvalue weighted by molar-refractivity contribution is 0.0994. The van der Waals surface area contributed by atoms with E-state index in [-0.39, 0.29) is 6.04 Å². The molecule has 0 bridgehead atoms. The van der Waals surface area contributed by atoms with Gasteiger partial charge in [0.25, 0.3) is 0 Å². The van der Waals surface area contributed by atoms with E-state index in [1.54, 1.807) is 12.3 Å². The summed E-state index contributed by atoms with van der Waals surface area (Å²) in [6, 6.07) is 1.93. The van der Waals surface area contributed by atoms with Crippen molar-refractivity contribution < 1.29 is 4.74 Å². The average Bonchev–Trinajstić information content (AvgIpc) is 2.93. The maximum Gasteiger partial charge on any atom is 0.0760 e. The topological polar surface area (TPSA) is 34.1 Å². The number of hydrogen-bond acceptors (Lipinski definition) is 3. The van der Waals surface area contributed by atoms with Crippen LogP contribution in [0, 0.1) is 0 Å². The monoisotopic (exact) mass is 316 g/mol. The first-order valence-corrected chi connectivity index (χ1v) is 8.12. The molecule has 5 heteroatoms. The molecule has 0 aromatic carbocycles. The largest absolute Gasteiger partial charge is 0.378 e. The van der Waals surface area contributed by atoms with Crippen LogP contribution in [0.15, 0.2) is 12.3 Å². The van der Waals surface area contributed by atoms with E-state index in [1.165, 1.54) is 12.8 Å². The van der Waals surface area contributed by atoms with Gasteiger partial charge in [-0.3, -0.25) is 4.98 Å². The number of nitrogens with zero attached hydrogens (tertiary/aromatic N) is 1. The Kier molecular flexibility index (Phi) is 6.56. The van der Waals surface area contributed by atoms with Crippen LogP contribution in [0.2, 0.25) is 10.0 Å². The summed E-state index contributed by atoms with van der Waals surface area (Å²) in [6.45, 7) is 4.01. The van der Waals surface area contributed by atoms with Crippen LogP contribution >= 0.6 is 23.2 Å². The number of nitrogens with one attached hydrogen (secondary N) is 1. The van der Waals surface area contributed by atoms with Gasteiger partial charge in [0.15, 0.2) is 0 Å². The highest BCUT2D eigenvalue weighted by Gasteiger charge is 2.21. The molecule has 1 aromatic rings. The van der Waals surface area contributed by atoms with Gasteiger partial charge in [0.05, 0.1) is 27.9 Å². The third-order valence-corrected chi connectivity index (χ3v) is 4.12. The molecule has 2 heterocycles. The molecule has 1 aliphatic rings. The van der Waals surface area contributed by atoms with E-state index >= 15 is 0 Å². The number of rotatable bonds is 7. The van der Waals surface area contributed by atoms with Crippen LogP contribution in [0.3, 0.4) is 0 Å². The second kappa shape index (κ2) is 8.18. The van der Waals surface area contributed by atoms with E-state index in [0.29, 0.717) is 16.1 Å². The third-order valence-electron chi connectivity index (χ3n) is 3.61. The highest BCUT2D eigenvalue weighted by Crippen LogP contribution is 2.28. The molecule has 3 nitrogen and oxygen atoms in total. The molecular formula is C15H22Cl2N2O. The van der Waals surface area contributed by atoms with Crippen molar-refractivity contribution in [3.05, 3.63) is 28.0 Å². The number of pyridine rings is 1. The lowest BCUT2D eigenvalue weighted by Gasteiger charge is -2.20. The smallest absolute Gasteiger partial charge is 0.0760 e. The summed E-state index contributed by atoms with van der Waals surface area (Å²) in [5, 5.41) is 4.74. The minimum atomic E-state index is 0.170. The van der Waals surface area contributed by atoms with Crippen molar-refractivity contribution in [3.63, 3.8) is 0 Å². The van der Waals surface area contributed by atoms with Crippen LogP contribution in [0.1, 0.15) is 50.8 Å². The number of ether oxygens (including phenoxy) is 1. The van der Waals surface area contributed by atoms with Gasteiger partial charge in [-0.05, 0) is 44.7 Å². The Morgan fingerprint density at radius 2 is 2.35 bits per heavy atom. The predicted octanol–water partition coefficient (Wildman–Crippen LogP) is 4.39. The van der Waals surface area contributed by atoms with Gasteiger partial charge in [0.1, 0.15) is 0 Å². The van der Waals surface area contributed by atoms with Crippen LogP contribution in [-0.4, -0.2) is 24.2 Å². The maximum atomic E-state index is 6.28. The molecular weight excluding hydrogens is 295 g/mol. The SMILES string of the molecule is CCCNC(CCC1CCCO1)c1ncc(Cl)cc1Cl. The van der Waals surface area contributed by atoms with Crippen molar-refractivity contribution in [3.8, 4) is 0 Å². The van der Waals surface area contributed by atoms with Crippen molar-refractivity contribution in [2.24, 2.45) is 0 Å². The second-order valence-corrected chi connectivity index (χ2v) is 6.08. The van der Waals surface area contributed by atoms with Gasteiger partial charge in [0, 0.05) is 12.8 Å². The first-order chi connectivity index (χ1) is 9.70. The minimum absolute atomic E-state index is 0.170. The standard InChI is InChI=1S/C15H22Cl2N2O/c1-2-7-18-14(6-5-12-4-3-8-20-12)15-13(17)9-11(16)10-19-15/h9-10,12,14,18H,2-8H2,1H3. The molecule has 0 spiro atoms. The number of aromatic nitrogens is 1. The van der Waals surface area contributed by atoms with E-state index in [1.807, 2.05) is 0 Å². The van der Waals surface area contributed by atoms with Gasteiger partial charge in [-0.2, -0.15) is 0 Å². The Labute approximate surface area is 131 Å². The Hall–Kier alpha value is -0.350. The summed E-state index contributed by atoms with van der Waals surface area (Å²) in [5.41, 5.74) is 0.891. The van der Waals surface area contributed by atoms with Crippen molar-refractivity contribution >= 4 is 23.2 Å². The lowest BCUT2D eigenvalue weighted by atomic mass is 10.0. The molecule has 1 aromatic heterocycles. The van der Waals surface area contributed by atoms with Crippen LogP contribution < -0.4 is 5.32 Å². The highest BCUT2D eigenvalue weighted by atomic mass is 35.5. The molecule has 1 saturated heterocycles. The maximum absolute atomic E-state index is 6.28. The average molecular weight is 317 g/mol. The predicted molar refractivity (Wildman–Crippen MR) is 83.5 cm³/mol. The molecule has 0 radical (unpaired) electrons. The van der Waals surface area contributed by atoms with E-state index < -0.39 is 0 Å². The van der Waals surface area contributed by atoms with Crippen LogP contribution in [-0.2, 0) is 4.74 Å². The van der Waals surface area contributed by atoms with E-state index in [0.717, 1.165) is 38.1 Å². The Bertz CT molecular complexity index is 422. The van der Waals surface area contributed by atoms with Gasteiger partial charge < -0.3 is 10.1 Å². The van der Waals surface area contributed by atoms with Gasteiger partial charge in [-0.1, -0.05) is 30.1 Å². The molecule has 1 N–H and O–H groups in total. The fourth-order valence-corrected chi connectivity index (χ4v) is 3.07. The lowest BCUT2D eigenvalue weighted by Crippen LogP contribution is -2.24. The van der Waals surface area contributed by atoms with Crippen LogP contribution in [0.4, 0.5) is 0 Å². The number of halogens is 2. The molecule has 0 aliphatic carbocycles. The summed E-state index contributed by atoms with van der Waals surface area (Å²) in [4.78, 5) is 4.41. The van der Waals surface area contributed by atoms with Gasteiger partial charge >= 0.3 is 0 Å². The van der Waals surface area contributed by atoms with Crippen molar-refractivity contribution in [2.75, 3.05) is 13.2 Å². The Morgan fingerprint density at radius 3 is 3.00 bits per heavy atom. The molecule has 1 aliphatic heterocycles. The molecule has 0 saturated carbocycles. The molecule has 2 unspecified atom stereocenters. The Balaban J connectivity index is 2.01. The molecule has 0 amide bonds. The molecule has 112 valence electrons. The van der Waals surface area contributed by atoms with Crippen LogP contribution in [0.25, 0.3) is 0 Å². The highest BCUT2D eigenvalue weighted by molar-refractivity contribution is 6.34. The zero-order valence-electron chi connectivity index (χ0n) is 11.9. The molecule has 2 rings (SSSR count). The van der Waals surface area contributed by atoms with Gasteiger partial charge in [-0.25, -0.2) is 0 Å². The summed E-state index contributed by atoms with van der Waals surface area (Å²) in [5.74, 6) is 0. The van der Waals surface area contributed by atoms with Gasteiger partial charge in [-0.15, -0.1) is 0 Å². The minimum Gasteiger partial charge on any atom is -0.378 e. The summed E-state index contributed by atoms with van der Waals surface area (Å²) >= 11 is 12.2. The normalized spacial score (nSPS) is 20.2. The first kappa shape index (κ1) is 16.0. The van der Waals surface area contributed by atoms with Crippen molar-refractivity contribution in [1.82, 2.24) is 10.3 Å². The molecule has 1 fully saturated rings. The van der Waals surface area contributed by atoms with Crippen molar-refractivity contribution in [2.45, 2.75) is 51.2 Å². The third kappa shape index (κ3) is 4.59. The van der Waals surface area contributed by atoms with E-state index in [4.69, 9.17) is 27.9 Å². The van der Waals surface area contributed by atoms with Gasteiger partial charge in [0.2, 0.25) is 0 Å². The van der Waals surface area contributed by atoms with E-state index in [9.17, 15) is 0 Å². The summed E-state index contributed by atoms with van der Waals surface area (Å²) < 4.78 is 5.69. The van der Waals surface area contributed by atoms with Crippen molar-refractivity contribution in [1.29, 1.82) is 0 Å². The fourth-order valence-electron chi connectivity index (χ4n) is 2.56. The van der Waals surface area contributed by atoms with Crippen LogP contribution in [0.5, 0.6) is 0 Å². The zero-order chi connectivity index (χ0) is 14.4. The zero-order valence-corrected chi connectivity index (χ0v) is 13.4. The molecule has 2 atom stereocenters. The quantitative estimate of drug-likeness (QED) is 0.810. The Morgan fingerprint density at radius 1 is 1.50 bits per heavy atom. The fraction of sp³-hybridized carbons (Fsp3) is 0.667. The van der Waals surface area contributed by atoms with E-state index in [2.05, 4.69) is 17.2 Å². The first-order valence-electron chi connectivity index (χ1n) is 7.36. The summed E-state index contributed by atoms with van der Waals surface area (Å²) in [7, 11) is 0. The summed E-state index contributed by atoms with van der Waals surface area (Å²) in [6.07, 6.45) is 7.52. The number of hydrogen-bond donors (Lipinski definition) is 1.